The second-order valence-corrected chi connectivity index (χ2v) is 5.87. The molecule has 1 rings (SSSR count). The van der Waals surface area contributed by atoms with E-state index in [1.54, 1.807) is 12.1 Å². The van der Waals surface area contributed by atoms with Crippen LogP contribution in [0.25, 0.3) is 0 Å². The number of benzene rings is 1. The van der Waals surface area contributed by atoms with E-state index in [9.17, 15) is 4.39 Å². The molecule has 2 N–H and O–H groups in total. The highest BCUT2D eigenvalue weighted by Gasteiger charge is 2.16. The number of hydrogen-bond acceptors (Lipinski definition) is 2. The van der Waals surface area contributed by atoms with E-state index >= 15 is 0 Å². The maximum Gasteiger partial charge on any atom is 0.125 e. The number of rotatable bonds is 8. The molecule has 0 aliphatic rings. The molecule has 0 saturated carbocycles. The molecule has 108 valence electrons. The van der Waals surface area contributed by atoms with Gasteiger partial charge in [0.1, 0.15) is 5.82 Å². The van der Waals surface area contributed by atoms with Crippen LogP contribution in [0.4, 0.5) is 10.1 Å². The van der Waals surface area contributed by atoms with Crippen LogP contribution in [-0.4, -0.2) is 19.6 Å². The zero-order chi connectivity index (χ0) is 14.3. The molecule has 0 unspecified atom stereocenters. The molecule has 2 nitrogen and oxygen atoms in total. The third kappa shape index (κ3) is 5.60. The van der Waals surface area contributed by atoms with Gasteiger partial charge in [0.15, 0.2) is 0 Å². The highest BCUT2D eigenvalue weighted by Crippen LogP contribution is 2.26. The van der Waals surface area contributed by atoms with Gasteiger partial charge in [-0.2, -0.15) is 0 Å². The van der Waals surface area contributed by atoms with Crippen LogP contribution in [0.15, 0.2) is 24.3 Å². The molecule has 0 atom stereocenters. The van der Waals surface area contributed by atoms with Crippen LogP contribution >= 0.6 is 0 Å². The van der Waals surface area contributed by atoms with Gasteiger partial charge in [-0.15, -0.1) is 0 Å². The Kier molecular flexibility index (Phi) is 6.29. The van der Waals surface area contributed by atoms with Crippen LogP contribution in [0, 0.1) is 11.2 Å². The molecule has 0 amide bonds. The van der Waals surface area contributed by atoms with Gasteiger partial charge in [-0.1, -0.05) is 19.9 Å². The van der Waals surface area contributed by atoms with Crippen molar-refractivity contribution < 1.29 is 4.39 Å². The molecule has 0 aliphatic carbocycles. The minimum Gasteiger partial charge on any atom is -0.372 e. The van der Waals surface area contributed by atoms with E-state index < -0.39 is 0 Å². The lowest BCUT2D eigenvalue weighted by Gasteiger charge is -2.27. The molecule has 19 heavy (non-hydrogen) atoms. The molecule has 0 saturated heterocycles. The van der Waals surface area contributed by atoms with E-state index in [-0.39, 0.29) is 5.82 Å². The fraction of sp³-hybridized carbons (Fsp3) is 0.625. The van der Waals surface area contributed by atoms with Crippen molar-refractivity contribution in [3.63, 3.8) is 0 Å². The summed E-state index contributed by atoms with van der Waals surface area (Å²) in [6.07, 6.45) is 3.31. The van der Waals surface area contributed by atoms with Gasteiger partial charge in [-0.3, -0.25) is 0 Å². The average Bonchev–Trinajstić information content (AvgIpc) is 2.34. The fourth-order valence-electron chi connectivity index (χ4n) is 2.41. The normalized spacial score (nSPS) is 11.6. The summed E-state index contributed by atoms with van der Waals surface area (Å²) in [6, 6.07) is 6.83. The van der Waals surface area contributed by atoms with Gasteiger partial charge in [0.2, 0.25) is 0 Å². The van der Waals surface area contributed by atoms with Crippen LogP contribution in [0.2, 0.25) is 0 Å². The first-order valence-corrected chi connectivity index (χ1v) is 7.19. The van der Waals surface area contributed by atoms with Crippen molar-refractivity contribution >= 4 is 5.69 Å². The Bertz CT molecular complexity index is 377. The van der Waals surface area contributed by atoms with E-state index in [1.807, 2.05) is 6.07 Å². The lowest BCUT2D eigenvalue weighted by Crippen LogP contribution is -2.26. The maximum atomic E-state index is 13.2. The molecule has 0 fully saturated rings. The number of nitrogens with two attached hydrogens (primary N) is 1. The molecule has 1 aromatic rings. The lowest BCUT2D eigenvalue weighted by atomic mass is 9.84. The van der Waals surface area contributed by atoms with Gasteiger partial charge >= 0.3 is 0 Å². The van der Waals surface area contributed by atoms with Crippen LogP contribution in [0.3, 0.4) is 0 Å². The van der Waals surface area contributed by atoms with Crippen molar-refractivity contribution in [1.82, 2.24) is 0 Å². The van der Waals surface area contributed by atoms with Gasteiger partial charge in [0.05, 0.1) is 0 Å². The number of hydrogen-bond donors (Lipinski definition) is 1. The van der Waals surface area contributed by atoms with Crippen molar-refractivity contribution in [2.45, 2.75) is 40.0 Å². The summed E-state index contributed by atoms with van der Waals surface area (Å²) < 4.78 is 13.2. The van der Waals surface area contributed by atoms with E-state index in [0.29, 0.717) is 5.41 Å². The first kappa shape index (κ1) is 16.0. The van der Waals surface area contributed by atoms with Gasteiger partial charge in [0, 0.05) is 18.8 Å². The molecule has 0 aromatic heterocycles. The van der Waals surface area contributed by atoms with Crippen molar-refractivity contribution in [3.8, 4) is 0 Å². The minimum atomic E-state index is -0.167. The SMILES string of the molecule is CCN(CCCC(C)(C)CCN)c1cccc(F)c1. The number of nitrogens with zero attached hydrogens (tertiary/aromatic N) is 1. The Labute approximate surface area is 116 Å². The van der Waals surface area contributed by atoms with Gasteiger partial charge in [-0.05, 0) is 56.3 Å². The van der Waals surface area contributed by atoms with Crippen molar-refractivity contribution in [2.24, 2.45) is 11.1 Å². The van der Waals surface area contributed by atoms with Crippen molar-refractivity contribution in [3.05, 3.63) is 30.1 Å². The summed E-state index contributed by atoms with van der Waals surface area (Å²) in [5.74, 6) is -0.167. The summed E-state index contributed by atoms with van der Waals surface area (Å²) >= 11 is 0. The first-order chi connectivity index (χ1) is 8.98. The Hall–Kier alpha value is -1.09. The second kappa shape index (κ2) is 7.49. The lowest BCUT2D eigenvalue weighted by molar-refractivity contribution is 0.305. The smallest absolute Gasteiger partial charge is 0.125 e. The Morgan fingerprint density at radius 1 is 1.26 bits per heavy atom. The van der Waals surface area contributed by atoms with Crippen LogP contribution < -0.4 is 10.6 Å². The monoisotopic (exact) mass is 266 g/mol. The van der Waals surface area contributed by atoms with Crippen LogP contribution in [0.5, 0.6) is 0 Å². The number of anilines is 1. The molecule has 3 heteroatoms. The summed E-state index contributed by atoms with van der Waals surface area (Å²) in [6.45, 7) is 9.25. The Morgan fingerprint density at radius 3 is 2.58 bits per heavy atom. The van der Waals surface area contributed by atoms with Crippen molar-refractivity contribution in [1.29, 1.82) is 0 Å². The van der Waals surface area contributed by atoms with E-state index in [1.165, 1.54) is 6.07 Å². The zero-order valence-corrected chi connectivity index (χ0v) is 12.5. The van der Waals surface area contributed by atoms with E-state index in [2.05, 4.69) is 25.7 Å². The van der Waals surface area contributed by atoms with E-state index in [0.717, 1.165) is 44.6 Å². The molecule has 0 bridgehead atoms. The highest BCUT2D eigenvalue weighted by molar-refractivity contribution is 5.46. The van der Waals surface area contributed by atoms with Crippen LogP contribution in [0.1, 0.15) is 40.0 Å². The third-order valence-corrected chi connectivity index (χ3v) is 3.66. The van der Waals surface area contributed by atoms with E-state index in [4.69, 9.17) is 5.73 Å². The van der Waals surface area contributed by atoms with Gasteiger partial charge in [0.25, 0.3) is 0 Å². The zero-order valence-electron chi connectivity index (χ0n) is 12.5. The maximum absolute atomic E-state index is 13.2. The van der Waals surface area contributed by atoms with Gasteiger partial charge < -0.3 is 10.6 Å². The molecular weight excluding hydrogens is 239 g/mol. The summed E-state index contributed by atoms with van der Waals surface area (Å²) in [7, 11) is 0. The Balaban J connectivity index is 2.50. The summed E-state index contributed by atoms with van der Waals surface area (Å²) in [4.78, 5) is 2.22. The first-order valence-electron chi connectivity index (χ1n) is 7.19. The highest BCUT2D eigenvalue weighted by atomic mass is 19.1. The molecule has 0 spiro atoms. The summed E-state index contributed by atoms with van der Waals surface area (Å²) in [5.41, 5.74) is 6.90. The molecule has 0 heterocycles. The molecular formula is C16H27FN2. The quantitative estimate of drug-likeness (QED) is 0.775. The predicted octanol–water partition coefficient (Wildman–Crippen LogP) is 3.81. The topological polar surface area (TPSA) is 29.3 Å². The van der Waals surface area contributed by atoms with Gasteiger partial charge in [-0.25, -0.2) is 4.39 Å². The molecule has 0 radical (unpaired) electrons. The minimum absolute atomic E-state index is 0.167. The van der Waals surface area contributed by atoms with Crippen LogP contribution in [-0.2, 0) is 0 Å². The van der Waals surface area contributed by atoms with Crippen molar-refractivity contribution in [2.75, 3.05) is 24.5 Å². The Morgan fingerprint density at radius 2 is 2.00 bits per heavy atom. The molecule has 0 aliphatic heterocycles. The standard InChI is InChI=1S/C16H27FN2/c1-4-19(15-8-5-7-14(17)13-15)12-6-9-16(2,3)10-11-18/h5,7-8,13H,4,6,9-12,18H2,1-3H3. The fourth-order valence-corrected chi connectivity index (χ4v) is 2.41. The summed E-state index contributed by atoms with van der Waals surface area (Å²) in [5, 5.41) is 0. The number of halogens is 1. The molecule has 1 aromatic carbocycles. The average molecular weight is 266 g/mol. The predicted molar refractivity (Wildman–Crippen MR) is 81.0 cm³/mol. The second-order valence-electron chi connectivity index (χ2n) is 5.87. The third-order valence-electron chi connectivity index (χ3n) is 3.66. The largest absolute Gasteiger partial charge is 0.372 e.